The van der Waals surface area contributed by atoms with Gasteiger partial charge in [0, 0.05) is 32.7 Å². The average Bonchev–Trinajstić information content (AvgIpc) is 3.68. The molecular weight excluding hydrogens is 562 g/mol. The number of aryl methyl sites for hydroxylation is 1. The van der Waals surface area contributed by atoms with Crippen molar-refractivity contribution in [3.8, 4) is 0 Å². The minimum atomic E-state index is -1.30. The first-order valence-corrected chi connectivity index (χ1v) is 15.1. The monoisotopic (exact) mass is 605 g/mol. The number of nitrogens with zero attached hydrogens (tertiary/aromatic N) is 4. The summed E-state index contributed by atoms with van der Waals surface area (Å²) >= 11 is 0. The van der Waals surface area contributed by atoms with Crippen LogP contribution in [0.5, 0.6) is 0 Å². The molecular formula is C32H43N7O5. The van der Waals surface area contributed by atoms with Gasteiger partial charge >= 0.3 is 12.2 Å². The van der Waals surface area contributed by atoms with Crippen molar-refractivity contribution in [1.82, 2.24) is 24.7 Å². The van der Waals surface area contributed by atoms with Gasteiger partial charge in [0.05, 0.1) is 30.3 Å². The van der Waals surface area contributed by atoms with Crippen LogP contribution in [0.1, 0.15) is 75.0 Å². The second-order valence-corrected chi connectivity index (χ2v) is 11.2. The van der Waals surface area contributed by atoms with Crippen LogP contribution in [0.25, 0.3) is 11.0 Å². The lowest BCUT2D eigenvalue weighted by atomic mass is 9.88. The van der Waals surface area contributed by atoms with E-state index in [-0.39, 0.29) is 18.3 Å². The number of carbonyl (C=O) groups is 3. The number of carbonyl (C=O) groups excluding carboxylic acids is 3. The number of imidazole rings is 1. The Morgan fingerprint density at radius 1 is 1.11 bits per heavy atom. The zero-order valence-corrected chi connectivity index (χ0v) is 26.2. The third kappa shape index (κ3) is 6.54. The number of unbranched alkanes of at least 4 members (excludes halogenated alkanes) is 1. The highest BCUT2D eigenvalue weighted by Crippen LogP contribution is 2.34. The third-order valence-electron chi connectivity index (χ3n) is 8.29. The zero-order chi connectivity index (χ0) is 32.0. The second kappa shape index (κ2) is 13.9. The molecule has 1 fully saturated rings. The van der Waals surface area contributed by atoms with Crippen molar-refractivity contribution in [3.05, 3.63) is 65.0 Å². The number of amides is 3. The van der Waals surface area contributed by atoms with Crippen molar-refractivity contribution < 1.29 is 23.9 Å². The molecule has 0 radical (unpaired) electrons. The van der Waals surface area contributed by atoms with Crippen LogP contribution in [0.4, 0.5) is 9.59 Å². The van der Waals surface area contributed by atoms with E-state index in [1.807, 2.05) is 36.7 Å². The molecule has 0 saturated carbocycles. The molecule has 2 atom stereocenters. The molecule has 0 aliphatic carbocycles. The summed E-state index contributed by atoms with van der Waals surface area (Å²) in [4.78, 5) is 46.7. The summed E-state index contributed by atoms with van der Waals surface area (Å²) in [5.41, 5.74) is 8.72. The van der Waals surface area contributed by atoms with E-state index in [4.69, 9.17) is 25.6 Å². The molecule has 44 heavy (non-hydrogen) atoms. The number of fused-ring (bicyclic) bond motifs is 1. The number of likely N-dealkylation sites (tertiary alicyclic amines) is 1. The molecule has 1 aliphatic rings. The number of likely N-dealkylation sites (N-methyl/N-ethyl adjacent to an activating group) is 1. The first-order chi connectivity index (χ1) is 21.0. The largest absolute Gasteiger partial charge is 0.450 e. The maximum atomic E-state index is 13.9. The highest BCUT2D eigenvalue weighted by molar-refractivity contribution is 6.04. The van der Waals surface area contributed by atoms with Gasteiger partial charge in [0.2, 0.25) is 0 Å². The summed E-state index contributed by atoms with van der Waals surface area (Å²) in [6, 6.07) is 12.0. The van der Waals surface area contributed by atoms with Crippen molar-refractivity contribution in [3.63, 3.8) is 0 Å². The van der Waals surface area contributed by atoms with E-state index < -0.39 is 23.8 Å². The Kier molecular flexibility index (Phi) is 10.3. The highest BCUT2D eigenvalue weighted by Gasteiger charge is 2.45. The number of benzene rings is 2. The summed E-state index contributed by atoms with van der Waals surface area (Å²) in [7, 11) is 3.46. The SMILES string of the molecule is CCCCOC(=O)NC(=N)c1ccc(C(N)c2nc3cc(C(C)(C(=O)N4CCCC4)N(C)C(=O)OCC)ccc3n2C)cc1. The Bertz CT molecular complexity index is 1510. The van der Waals surface area contributed by atoms with Crippen LogP contribution in [0.15, 0.2) is 42.5 Å². The Morgan fingerprint density at radius 3 is 2.43 bits per heavy atom. The number of hydrogen-bond donors (Lipinski definition) is 3. The molecule has 12 nitrogen and oxygen atoms in total. The van der Waals surface area contributed by atoms with Gasteiger partial charge in [0.25, 0.3) is 5.91 Å². The molecule has 2 aromatic carbocycles. The number of hydrogen-bond acceptors (Lipinski definition) is 8. The highest BCUT2D eigenvalue weighted by atomic mass is 16.6. The summed E-state index contributed by atoms with van der Waals surface area (Å²) < 4.78 is 12.3. The van der Waals surface area contributed by atoms with Crippen LogP contribution < -0.4 is 11.1 Å². The van der Waals surface area contributed by atoms with E-state index in [1.54, 1.807) is 50.1 Å². The van der Waals surface area contributed by atoms with E-state index in [2.05, 4.69) is 5.32 Å². The predicted octanol–water partition coefficient (Wildman–Crippen LogP) is 4.40. The molecule has 236 valence electrons. The lowest BCUT2D eigenvalue weighted by Gasteiger charge is -2.39. The Labute approximate surface area is 258 Å². The van der Waals surface area contributed by atoms with Gasteiger partial charge in [0.1, 0.15) is 17.2 Å². The van der Waals surface area contributed by atoms with Crippen LogP contribution in [-0.2, 0) is 26.9 Å². The van der Waals surface area contributed by atoms with E-state index in [0.717, 1.165) is 36.8 Å². The average molecular weight is 606 g/mol. The molecule has 3 amide bonds. The van der Waals surface area contributed by atoms with E-state index in [1.165, 1.54) is 4.90 Å². The van der Waals surface area contributed by atoms with Crippen molar-refractivity contribution >= 4 is 35.0 Å². The standard InChI is InChI=1S/C32H43N7O5/c1-6-8-19-44-30(41)36-27(34)22-13-11-21(12-14-22)26(33)28-35-24-20-23(15-16-25(24)37(28)4)32(3,38(5)31(42)43-7-2)29(40)39-17-9-10-18-39/h11-16,20,26H,6-10,17-19,33H2,1-5H3,(H2,34,36,41). The van der Waals surface area contributed by atoms with E-state index in [0.29, 0.717) is 42.2 Å². The molecule has 4 N–H and O–H groups in total. The Balaban J connectivity index is 1.60. The number of rotatable bonds is 10. The van der Waals surface area contributed by atoms with Crippen LogP contribution in [0.2, 0.25) is 0 Å². The first kappa shape index (κ1) is 32.5. The lowest BCUT2D eigenvalue weighted by Crippen LogP contribution is -2.55. The number of nitrogens with two attached hydrogens (primary N) is 1. The molecule has 3 aromatic rings. The van der Waals surface area contributed by atoms with Gasteiger partial charge in [-0.15, -0.1) is 0 Å². The predicted molar refractivity (Wildman–Crippen MR) is 167 cm³/mol. The molecule has 2 unspecified atom stereocenters. The van der Waals surface area contributed by atoms with Crippen LogP contribution in [0.3, 0.4) is 0 Å². The lowest BCUT2D eigenvalue weighted by molar-refractivity contribution is -0.141. The summed E-state index contributed by atoms with van der Waals surface area (Å²) in [5.74, 6) is 0.372. The molecule has 12 heteroatoms. The Hall–Kier alpha value is -4.45. The van der Waals surface area contributed by atoms with Gasteiger partial charge in [-0.3, -0.25) is 20.4 Å². The summed E-state index contributed by atoms with van der Waals surface area (Å²) in [6.07, 6.45) is 2.29. The molecule has 1 aliphatic heterocycles. The molecule has 4 rings (SSSR count). The summed E-state index contributed by atoms with van der Waals surface area (Å²) in [6.45, 7) is 7.28. The van der Waals surface area contributed by atoms with Crippen LogP contribution in [-0.4, -0.2) is 76.6 Å². The number of alkyl carbamates (subject to hydrolysis) is 1. The number of nitrogens with one attached hydrogen (secondary N) is 2. The fraction of sp³-hybridized carbons (Fsp3) is 0.469. The van der Waals surface area contributed by atoms with Crippen LogP contribution >= 0.6 is 0 Å². The van der Waals surface area contributed by atoms with Gasteiger partial charge in [0.15, 0.2) is 0 Å². The van der Waals surface area contributed by atoms with Gasteiger partial charge in [-0.25, -0.2) is 14.6 Å². The number of ether oxygens (including phenoxy) is 2. The van der Waals surface area contributed by atoms with Crippen molar-refractivity contribution in [2.75, 3.05) is 33.4 Å². The minimum Gasteiger partial charge on any atom is -0.450 e. The van der Waals surface area contributed by atoms with Crippen molar-refractivity contribution in [2.45, 2.75) is 58.0 Å². The van der Waals surface area contributed by atoms with Crippen molar-refractivity contribution in [1.29, 1.82) is 5.41 Å². The van der Waals surface area contributed by atoms with Gasteiger partial charge in [-0.2, -0.15) is 0 Å². The minimum absolute atomic E-state index is 0.0683. The third-order valence-corrected chi connectivity index (χ3v) is 8.29. The van der Waals surface area contributed by atoms with Gasteiger partial charge in [-0.1, -0.05) is 43.7 Å². The molecule has 0 bridgehead atoms. The van der Waals surface area contributed by atoms with E-state index in [9.17, 15) is 14.4 Å². The number of aromatic nitrogens is 2. The maximum absolute atomic E-state index is 13.9. The maximum Gasteiger partial charge on any atom is 0.412 e. The number of amidine groups is 1. The molecule has 1 saturated heterocycles. The first-order valence-electron chi connectivity index (χ1n) is 15.1. The van der Waals surface area contributed by atoms with Crippen LogP contribution in [0, 0.1) is 5.41 Å². The Morgan fingerprint density at radius 2 is 1.80 bits per heavy atom. The van der Waals surface area contributed by atoms with Crippen molar-refractivity contribution in [2.24, 2.45) is 12.8 Å². The van der Waals surface area contributed by atoms with E-state index >= 15 is 0 Å². The smallest absolute Gasteiger partial charge is 0.412 e. The normalized spacial score (nSPS) is 15.0. The van der Waals surface area contributed by atoms with Gasteiger partial charge in [-0.05, 0) is 56.4 Å². The topological polar surface area (TPSA) is 156 Å². The fourth-order valence-corrected chi connectivity index (χ4v) is 5.42. The van der Waals surface area contributed by atoms with Gasteiger partial charge < -0.3 is 24.7 Å². The molecule has 0 spiro atoms. The summed E-state index contributed by atoms with van der Waals surface area (Å²) in [5, 5.41) is 10.6. The molecule has 1 aromatic heterocycles. The second-order valence-electron chi connectivity index (χ2n) is 11.2. The fourth-order valence-electron chi connectivity index (χ4n) is 5.42. The molecule has 2 heterocycles. The zero-order valence-electron chi connectivity index (χ0n) is 26.2. The quantitative estimate of drug-likeness (QED) is 0.176.